The smallest absolute Gasteiger partial charge is 0.243 e. The fourth-order valence-electron chi connectivity index (χ4n) is 3.01. The minimum Gasteiger partial charge on any atom is -0.468 e. The van der Waals surface area contributed by atoms with Crippen molar-refractivity contribution in [3.63, 3.8) is 0 Å². The van der Waals surface area contributed by atoms with Crippen LogP contribution in [0.2, 0.25) is 0 Å². The number of guanidine groups is 1. The number of likely N-dealkylation sites (tertiary alicyclic amines) is 1. The first-order valence-corrected chi connectivity index (χ1v) is 9.61. The molecule has 1 unspecified atom stereocenters. The minimum atomic E-state index is -0.0370. The molecule has 0 radical (unpaired) electrons. The molecule has 1 aromatic heterocycles. The number of hydrogen-bond acceptors (Lipinski definition) is 4. The van der Waals surface area contributed by atoms with Gasteiger partial charge in [-0.15, -0.1) is 0 Å². The molecule has 0 saturated carbocycles. The van der Waals surface area contributed by atoms with Crippen molar-refractivity contribution in [2.45, 2.75) is 32.2 Å². The van der Waals surface area contributed by atoms with Gasteiger partial charge in [0.25, 0.3) is 0 Å². The van der Waals surface area contributed by atoms with Crippen LogP contribution in [0.5, 0.6) is 0 Å². The second-order valence-electron chi connectivity index (χ2n) is 7.27. The average Bonchev–Trinajstić information content (AvgIpc) is 3.18. The first-order chi connectivity index (χ1) is 13.0. The zero-order valence-corrected chi connectivity index (χ0v) is 16.8. The van der Waals surface area contributed by atoms with Gasteiger partial charge >= 0.3 is 0 Å². The second-order valence-corrected chi connectivity index (χ2v) is 7.27. The molecular formula is C20H33N5O2. The largest absolute Gasteiger partial charge is 0.468 e. The summed E-state index contributed by atoms with van der Waals surface area (Å²) in [6.45, 7) is 9.38. The maximum Gasteiger partial charge on any atom is 0.243 e. The van der Waals surface area contributed by atoms with Crippen molar-refractivity contribution < 1.29 is 9.21 Å². The van der Waals surface area contributed by atoms with Crippen molar-refractivity contribution >= 4 is 11.9 Å². The van der Waals surface area contributed by atoms with Gasteiger partial charge in [0.2, 0.25) is 5.91 Å². The maximum atomic E-state index is 11.9. The van der Waals surface area contributed by atoms with Gasteiger partial charge in [-0.25, -0.2) is 4.99 Å². The van der Waals surface area contributed by atoms with Crippen molar-refractivity contribution in [2.24, 2.45) is 4.99 Å². The molecule has 2 rings (SSSR count). The van der Waals surface area contributed by atoms with E-state index in [4.69, 9.17) is 4.42 Å². The molecule has 0 aliphatic carbocycles. The number of amides is 1. The van der Waals surface area contributed by atoms with E-state index in [-0.39, 0.29) is 18.5 Å². The lowest BCUT2D eigenvalue weighted by Gasteiger charge is -2.33. The van der Waals surface area contributed by atoms with E-state index < -0.39 is 0 Å². The van der Waals surface area contributed by atoms with Gasteiger partial charge < -0.3 is 20.0 Å². The molecule has 1 aliphatic heterocycles. The highest BCUT2D eigenvalue weighted by Crippen LogP contribution is 2.24. The molecule has 0 bridgehead atoms. The molecule has 0 aromatic carbocycles. The van der Waals surface area contributed by atoms with E-state index in [1.165, 1.54) is 19.3 Å². The third-order valence-electron chi connectivity index (χ3n) is 4.59. The van der Waals surface area contributed by atoms with Crippen LogP contribution in [0.4, 0.5) is 0 Å². The molecule has 7 nitrogen and oxygen atoms in total. The van der Waals surface area contributed by atoms with Gasteiger partial charge in [-0.1, -0.05) is 18.6 Å². The highest BCUT2D eigenvalue weighted by atomic mass is 16.3. The summed E-state index contributed by atoms with van der Waals surface area (Å²) in [5.74, 6) is 1.53. The van der Waals surface area contributed by atoms with Gasteiger partial charge in [0.05, 0.1) is 12.3 Å². The van der Waals surface area contributed by atoms with Crippen molar-refractivity contribution in [1.29, 1.82) is 0 Å². The molecule has 1 amide bonds. The van der Waals surface area contributed by atoms with E-state index in [0.717, 1.165) is 24.4 Å². The van der Waals surface area contributed by atoms with E-state index >= 15 is 0 Å². The van der Waals surface area contributed by atoms with Crippen LogP contribution in [0.15, 0.2) is 40.0 Å². The Bertz CT molecular complexity index is 618. The van der Waals surface area contributed by atoms with Crippen molar-refractivity contribution in [1.82, 2.24) is 20.4 Å². The summed E-state index contributed by atoms with van der Waals surface area (Å²) in [6, 6.07) is 4.09. The van der Waals surface area contributed by atoms with Crippen molar-refractivity contribution in [2.75, 3.05) is 46.8 Å². The zero-order valence-electron chi connectivity index (χ0n) is 16.8. The number of carbonyl (C=O) groups is 1. The predicted octanol–water partition coefficient (Wildman–Crippen LogP) is 2.01. The second kappa shape index (κ2) is 10.8. The summed E-state index contributed by atoms with van der Waals surface area (Å²) in [7, 11) is 3.46. The number of hydrogen-bond donors (Lipinski definition) is 2. The van der Waals surface area contributed by atoms with E-state index in [1.807, 2.05) is 19.1 Å². The molecule has 1 saturated heterocycles. The Kier molecular flexibility index (Phi) is 8.39. The average molecular weight is 376 g/mol. The molecule has 2 heterocycles. The standard InChI is InChI=1S/C20H33N5O2/c1-16(2)13-21-20(23-15-19(26)24(3)4)22-14-17(18-9-8-12-27-18)25-10-6-5-7-11-25/h8-9,12,17H,1,5-7,10-11,13-15H2,2-4H3,(H2,21,22,23). The highest BCUT2D eigenvalue weighted by molar-refractivity contribution is 5.84. The number of furan rings is 1. The summed E-state index contributed by atoms with van der Waals surface area (Å²) in [5.41, 5.74) is 1.00. The van der Waals surface area contributed by atoms with Crippen LogP contribution in [0, 0.1) is 0 Å². The van der Waals surface area contributed by atoms with E-state index in [9.17, 15) is 4.79 Å². The van der Waals surface area contributed by atoms with Crippen LogP contribution >= 0.6 is 0 Å². The van der Waals surface area contributed by atoms with E-state index in [1.54, 1.807) is 25.3 Å². The summed E-state index contributed by atoms with van der Waals surface area (Å²) >= 11 is 0. The van der Waals surface area contributed by atoms with Crippen LogP contribution in [0.3, 0.4) is 0 Å². The molecule has 7 heteroatoms. The number of likely N-dealkylation sites (N-methyl/N-ethyl adjacent to an activating group) is 1. The molecular weight excluding hydrogens is 342 g/mol. The molecule has 1 aliphatic rings. The number of carbonyl (C=O) groups excluding carboxylic acids is 1. The summed E-state index contributed by atoms with van der Waals surface area (Å²) in [4.78, 5) is 20.3. The number of piperidine rings is 1. The lowest BCUT2D eigenvalue weighted by atomic mass is 10.1. The fourth-order valence-corrected chi connectivity index (χ4v) is 3.01. The topological polar surface area (TPSA) is 73.1 Å². The van der Waals surface area contributed by atoms with Gasteiger partial charge in [0.15, 0.2) is 5.96 Å². The van der Waals surface area contributed by atoms with Crippen LogP contribution in [-0.2, 0) is 4.79 Å². The first kappa shape index (κ1) is 21.0. The minimum absolute atomic E-state index is 0.0370. The van der Waals surface area contributed by atoms with Crippen LogP contribution in [0.25, 0.3) is 0 Å². The molecule has 1 aromatic rings. The molecule has 2 N–H and O–H groups in total. The van der Waals surface area contributed by atoms with Gasteiger partial charge in [-0.2, -0.15) is 0 Å². The Hall–Kier alpha value is -2.28. The number of rotatable bonds is 8. The SMILES string of the molecule is C=C(C)CNC(=NCC(=O)N(C)C)NCC(c1ccco1)N1CCCCC1. The lowest BCUT2D eigenvalue weighted by molar-refractivity contribution is -0.127. The summed E-state index contributed by atoms with van der Waals surface area (Å²) in [6.07, 6.45) is 5.43. The number of nitrogens with zero attached hydrogens (tertiary/aromatic N) is 3. The summed E-state index contributed by atoms with van der Waals surface area (Å²) < 4.78 is 5.69. The van der Waals surface area contributed by atoms with Gasteiger partial charge in [0, 0.05) is 27.2 Å². The maximum absolute atomic E-state index is 11.9. The fraction of sp³-hybridized carbons (Fsp3) is 0.600. The lowest BCUT2D eigenvalue weighted by Crippen LogP contribution is -2.45. The quantitative estimate of drug-likeness (QED) is 0.413. The molecule has 27 heavy (non-hydrogen) atoms. The normalized spacial score (nSPS) is 16.6. The Morgan fingerprint density at radius 2 is 2.07 bits per heavy atom. The van der Waals surface area contributed by atoms with Crippen LogP contribution in [-0.4, -0.2) is 68.5 Å². The number of nitrogens with one attached hydrogen (secondary N) is 2. The zero-order chi connectivity index (χ0) is 19.6. The number of aliphatic imine (C=N–C) groups is 1. The van der Waals surface area contributed by atoms with Gasteiger partial charge in [0.1, 0.15) is 12.3 Å². The van der Waals surface area contributed by atoms with Crippen LogP contribution in [0.1, 0.15) is 38.0 Å². The third-order valence-corrected chi connectivity index (χ3v) is 4.59. The van der Waals surface area contributed by atoms with Gasteiger partial charge in [-0.3, -0.25) is 9.69 Å². The van der Waals surface area contributed by atoms with Crippen molar-refractivity contribution in [3.8, 4) is 0 Å². The van der Waals surface area contributed by atoms with E-state index in [2.05, 4.69) is 27.1 Å². The Balaban J connectivity index is 2.04. The Morgan fingerprint density at radius 3 is 2.67 bits per heavy atom. The highest BCUT2D eigenvalue weighted by Gasteiger charge is 2.24. The van der Waals surface area contributed by atoms with Gasteiger partial charge in [-0.05, 0) is 45.0 Å². The molecule has 1 atom stereocenters. The molecule has 1 fully saturated rings. The Labute approximate surface area is 162 Å². The molecule has 0 spiro atoms. The predicted molar refractivity (Wildman–Crippen MR) is 109 cm³/mol. The van der Waals surface area contributed by atoms with Crippen LogP contribution < -0.4 is 10.6 Å². The van der Waals surface area contributed by atoms with E-state index in [0.29, 0.717) is 19.0 Å². The third kappa shape index (κ3) is 7.09. The monoisotopic (exact) mass is 375 g/mol. The first-order valence-electron chi connectivity index (χ1n) is 9.61. The molecule has 150 valence electrons. The Morgan fingerprint density at radius 1 is 1.33 bits per heavy atom. The van der Waals surface area contributed by atoms with Crippen molar-refractivity contribution in [3.05, 3.63) is 36.3 Å². The summed E-state index contributed by atoms with van der Waals surface area (Å²) in [5, 5.41) is 6.62.